The van der Waals surface area contributed by atoms with Gasteiger partial charge in [-0.25, -0.2) is 4.79 Å². The fraction of sp³-hybridized carbons (Fsp3) is 0.370. The number of aryl methyl sites for hydroxylation is 1. The van der Waals surface area contributed by atoms with Crippen LogP contribution >= 0.6 is 11.3 Å². The Kier molecular flexibility index (Phi) is 9.20. The highest BCUT2D eigenvalue weighted by Crippen LogP contribution is 2.40. The quantitative estimate of drug-likeness (QED) is 0.144. The van der Waals surface area contributed by atoms with E-state index in [-0.39, 0.29) is 0 Å². The number of fused-ring (bicyclic) bond motifs is 1. The van der Waals surface area contributed by atoms with Gasteiger partial charge >= 0.3 is 12.1 Å². The van der Waals surface area contributed by atoms with Gasteiger partial charge in [-0.1, -0.05) is 32.4 Å². The summed E-state index contributed by atoms with van der Waals surface area (Å²) in [4.78, 5) is 12.1. The van der Waals surface area contributed by atoms with Crippen LogP contribution in [0, 0.1) is 5.92 Å². The van der Waals surface area contributed by atoms with Crippen molar-refractivity contribution in [2.45, 2.75) is 38.8 Å². The summed E-state index contributed by atoms with van der Waals surface area (Å²) in [5.41, 5.74) is 2.20. The van der Waals surface area contributed by atoms with Gasteiger partial charge < -0.3 is 14.2 Å². The molecule has 3 aromatic rings. The smallest absolute Gasteiger partial charge is 0.398 e. The lowest BCUT2D eigenvalue weighted by Gasteiger charge is -2.20. The molecule has 1 atom stereocenters. The fourth-order valence-corrected chi connectivity index (χ4v) is 4.70. The van der Waals surface area contributed by atoms with Crippen LogP contribution in [0.25, 0.3) is 20.5 Å². The molecule has 35 heavy (non-hydrogen) atoms. The lowest BCUT2D eigenvalue weighted by atomic mass is 10.0. The Hall–Kier alpha value is -3.00. The van der Waals surface area contributed by atoms with Crippen molar-refractivity contribution in [3.05, 3.63) is 60.7 Å². The molecule has 0 radical (unpaired) electrons. The molecule has 0 N–H and O–H groups in total. The number of hydrogen-bond donors (Lipinski definition) is 0. The average Bonchev–Trinajstić information content (AvgIpc) is 3.26. The van der Waals surface area contributed by atoms with Gasteiger partial charge in [0.15, 0.2) is 0 Å². The minimum absolute atomic E-state index is 0.313. The van der Waals surface area contributed by atoms with Crippen LogP contribution in [0.4, 0.5) is 13.2 Å². The number of alkyl halides is 3. The van der Waals surface area contributed by atoms with Crippen LogP contribution in [0.3, 0.4) is 0 Å². The van der Waals surface area contributed by atoms with Crippen molar-refractivity contribution < 1.29 is 32.2 Å². The SMILES string of the molecule is C=CC(=O)OCC(COc1ccc2cc(-c3ccc(CCCCC)cc3OC)sc2c1)C(F)(F)F. The van der Waals surface area contributed by atoms with Gasteiger partial charge in [-0.15, -0.1) is 11.3 Å². The number of benzene rings is 2. The molecule has 8 heteroatoms. The zero-order valence-corrected chi connectivity index (χ0v) is 20.6. The molecule has 0 saturated carbocycles. The van der Waals surface area contributed by atoms with E-state index in [0.717, 1.165) is 45.2 Å². The highest BCUT2D eigenvalue weighted by molar-refractivity contribution is 7.22. The number of rotatable bonds is 12. The second-order valence-corrected chi connectivity index (χ2v) is 9.27. The third-order valence-corrected chi connectivity index (χ3v) is 6.73. The molecular weight excluding hydrogens is 477 g/mol. The van der Waals surface area contributed by atoms with Crippen molar-refractivity contribution in [2.75, 3.05) is 20.3 Å². The largest absolute Gasteiger partial charge is 0.496 e. The van der Waals surface area contributed by atoms with Crippen molar-refractivity contribution in [1.82, 2.24) is 0 Å². The molecule has 0 spiro atoms. The van der Waals surface area contributed by atoms with Crippen LogP contribution in [0.1, 0.15) is 31.7 Å². The standard InChI is InChI=1S/C27H29F3O4S/c1-4-6-7-8-18-9-12-22(23(13-18)32-3)25-14-19-10-11-21(15-24(19)35-25)33-16-20(27(28,29)30)17-34-26(31)5-2/h5,9-15,20H,2,4,6-8,16-17H2,1,3H3. The number of carbonyl (C=O) groups is 1. The van der Waals surface area contributed by atoms with Crippen molar-refractivity contribution in [1.29, 1.82) is 0 Å². The van der Waals surface area contributed by atoms with Crippen molar-refractivity contribution >= 4 is 27.4 Å². The van der Waals surface area contributed by atoms with Gasteiger partial charge in [0.1, 0.15) is 30.6 Å². The summed E-state index contributed by atoms with van der Waals surface area (Å²) in [5, 5.41) is 0.957. The Morgan fingerprint density at radius 1 is 1.11 bits per heavy atom. The normalized spacial score (nSPS) is 12.4. The predicted octanol–water partition coefficient (Wildman–Crippen LogP) is 7.60. The maximum Gasteiger partial charge on any atom is 0.398 e. The van der Waals surface area contributed by atoms with E-state index < -0.39 is 31.3 Å². The third-order valence-electron chi connectivity index (χ3n) is 5.60. The Balaban J connectivity index is 1.75. The summed E-state index contributed by atoms with van der Waals surface area (Å²) >= 11 is 1.52. The molecule has 0 saturated heterocycles. The van der Waals surface area contributed by atoms with E-state index in [0.29, 0.717) is 5.75 Å². The van der Waals surface area contributed by atoms with Gasteiger partial charge in [-0.05, 0) is 60.2 Å². The van der Waals surface area contributed by atoms with E-state index in [9.17, 15) is 18.0 Å². The Morgan fingerprint density at radius 2 is 1.91 bits per heavy atom. The maximum atomic E-state index is 13.3. The number of halogens is 3. The number of methoxy groups -OCH3 is 1. The Morgan fingerprint density at radius 3 is 2.60 bits per heavy atom. The van der Waals surface area contributed by atoms with Crippen molar-refractivity contribution in [3.63, 3.8) is 0 Å². The van der Waals surface area contributed by atoms with Gasteiger partial charge in [0, 0.05) is 21.2 Å². The molecule has 2 aromatic carbocycles. The number of ether oxygens (including phenoxy) is 3. The summed E-state index contributed by atoms with van der Waals surface area (Å²) in [7, 11) is 1.65. The molecular formula is C27H29F3O4S. The molecule has 4 nitrogen and oxygen atoms in total. The molecule has 0 bridgehead atoms. The molecule has 1 heterocycles. The summed E-state index contributed by atoms with van der Waals surface area (Å²) in [6, 6.07) is 13.4. The van der Waals surface area contributed by atoms with Crippen molar-refractivity contribution in [3.8, 4) is 21.9 Å². The minimum Gasteiger partial charge on any atom is -0.496 e. The maximum absolute atomic E-state index is 13.3. The number of esters is 1. The van der Waals surface area contributed by atoms with E-state index in [2.05, 4.69) is 36.4 Å². The molecule has 0 aliphatic heterocycles. The van der Waals surface area contributed by atoms with Gasteiger partial charge in [-0.2, -0.15) is 13.2 Å². The number of thiophene rings is 1. The number of unbranched alkanes of at least 4 members (excludes halogenated alkanes) is 2. The summed E-state index contributed by atoms with van der Waals surface area (Å²) in [5.74, 6) is -1.74. The summed E-state index contributed by atoms with van der Waals surface area (Å²) < 4.78 is 56.4. The molecule has 1 aromatic heterocycles. The molecule has 0 aliphatic rings. The van der Waals surface area contributed by atoms with Gasteiger partial charge in [0.05, 0.1) is 7.11 Å². The van der Waals surface area contributed by atoms with E-state index in [1.165, 1.54) is 29.7 Å². The zero-order chi connectivity index (χ0) is 25.4. The van der Waals surface area contributed by atoms with Gasteiger partial charge in [0.25, 0.3) is 0 Å². The van der Waals surface area contributed by atoms with E-state index in [4.69, 9.17) is 9.47 Å². The number of hydrogen-bond acceptors (Lipinski definition) is 5. The van der Waals surface area contributed by atoms with Gasteiger partial charge in [-0.3, -0.25) is 0 Å². The Labute approximate surface area is 207 Å². The average molecular weight is 507 g/mol. The lowest BCUT2D eigenvalue weighted by molar-refractivity contribution is -0.195. The Bertz CT molecular complexity index is 1150. The second-order valence-electron chi connectivity index (χ2n) is 8.19. The first kappa shape index (κ1) is 26.6. The van der Waals surface area contributed by atoms with Crippen molar-refractivity contribution in [2.24, 2.45) is 5.92 Å². The molecule has 0 fully saturated rings. The highest BCUT2D eigenvalue weighted by atomic mass is 32.1. The minimum atomic E-state index is -4.57. The van der Waals surface area contributed by atoms with Crippen LogP contribution in [0.5, 0.6) is 11.5 Å². The van der Waals surface area contributed by atoms with E-state index in [1.54, 1.807) is 19.2 Å². The van der Waals surface area contributed by atoms with Crippen LogP contribution in [-0.4, -0.2) is 32.5 Å². The van der Waals surface area contributed by atoms with E-state index in [1.807, 2.05) is 12.1 Å². The second kappa shape index (κ2) is 12.1. The zero-order valence-electron chi connectivity index (χ0n) is 19.8. The first-order valence-corrected chi connectivity index (χ1v) is 12.3. The predicted molar refractivity (Wildman–Crippen MR) is 133 cm³/mol. The highest BCUT2D eigenvalue weighted by Gasteiger charge is 2.41. The van der Waals surface area contributed by atoms with Crippen LogP contribution in [-0.2, 0) is 16.0 Å². The molecule has 0 amide bonds. The lowest BCUT2D eigenvalue weighted by Crippen LogP contribution is -2.33. The topological polar surface area (TPSA) is 44.8 Å². The molecule has 0 aliphatic carbocycles. The number of carbonyl (C=O) groups excluding carboxylic acids is 1. The van der Waals surface area contributed by atoms with Crippen LogP contribution in [0.15, 0.2) is 55.1 Å². The summed E-state index contributed by atoms with van der Waals surface area (Å²) in [6.07, 6.45) is 0.753. The molecule has 1 unspecified atom stereocenters. The summed E-state index contributed by atoms with van der Waals surface area (Å²) in [6.45, 7) is 3.87. The van der Waals surface area contributed by atoms with Crippen LogP contribution < -0.4 is 9.47 Å². The first-order valence-electron chi connectivity index (χ1n) is 11.4. The van der Waals surface area contributed by atoms with Crippen LogP contribution in [0.2, 0.25) is 0 Å². The van der Waals surface area contributed by atoms with E-state index >= 15 is 0 Å². The molecule has 188 valence electrons. The monoisotopic (exact) mass is 506 g/mol. The first-order chi connectivity index (χ1) is 16.7. The molecule has 3 rings (SSSR count). The fourth-order valence-electron chi connectivity index (χ4n) is 3.58. The van der Waals surface area contributed by atoms with Gasteiger partial charge in [0.2, 0.25) is 0 Å². The third kappa shape index (κ3) is 7.24.